The van der Waals surface area contributed by atoms with Crippen LogP contribution in [0, 0.1) is 0 Å². The molecule has 0 unspecified atom stereocenters. The van der Waals surface area contributed by atoms with Gasteiger partial charge in [-0.1, -0.05) is 18.2 Å². The molecular formula is C20H21N3O2S. The number of thioether (sulfide) groups is 1. The maximum atomic E-state index is 12.4. The van der Waals surface area contributed by atoms with Crippen LogP contribution in [-0.4, -0.2) is 40.0 Å². The number of H-pyrrole nitrogens is 1. The fourth-order valence-corrected chi connectivity index (χ4v) is 4.24. The molecule has 1 aliphatic heterocycles. The number of hydrogen-bond acceptors (Lipinski definition) is 4. The van der Waals surface area contributed by atoms with Gasteiger partial charge in [-0.15, -0.1) is 0 Å². The number of pyridine rings is 1. The molecule has 1 aliphatic rings. The fourth-order valence-electron chi connectivity index (χ4n) is 3.14. The van der Waals surface area contributed by atoms with Crippen molar-refractivity contribution in [2.24, 2.45) is 0 Å². The minimum absolute atomic E-state index is 0.0992. The maximum Gasteiger partial charge on any atom is 0.251 e. The first kappa shape index (κ1) is 17.0. The number of aromatic amines is 1. The minimum atomic E-state index is -0.0992. The van der Waals surface area contributed by atoms with Crippen LogP contribution >= 0.6 is 11.8 Å². The number of rotatable bonds is 6. The van der Waals surface area contributed by atoms with Gasteiger partial charge >= 0.3 is 0 Å². The van der Waals surface area contributed by atoms with E-state index in [1.54, 1.807) is 18.3 Å². The summed E-state index contributed by atoms with van der Waals surface area (Å²) in [6.45, 7) is 0.582. The third-order valence-electron chi connectivity index (χ3n) is 4.53. The van der Waals surface area contributed by atoms with Crippen LogP contribution in [0.15, 0.2) is 48.8 Å². The van der Waals surface area contributed by atoms with Crippen LogP contribution in [0.25, 0.3) is 10.9 Å². The Labute approximate surface area is 156 Å². The van der Waals surface area contributed by atoms with Crippen LogP contribution in [0.2, 0.25) is 0 Å². The molecule has 3 heterocycles. The largest absolute Gasteiger partial charge is 0.473 e. The normalized spacial score (nSPS) is 16.7. The minimum Gasteiger partial charge on any atom is -0.473 e. The van der Waals surface area contributed by atoms with Crippen LogP contribution in [0.3, 0.4) is 0 Å². The number of hydrogen-bond donors (Lipinski definition) is 2. The molecule has 0 bridgehead atoms. The second-order valence-electron chi connectivity index (χ2n) is 6.35. The molecule has 134 valence electrons. The third-order valence-corrected chi connectivity index (χ3v) is 5.66. The van der Waals surface area contributed by atoms with Crippen molar-refractivity contribution in [2.75, 3.05) is 18.1 Å². The van der Waals surface area contributed by atoms with E-state index < -0.39 is 0 Å². The highest BCUT2D eigenvalue weighted by molar-refractivity contribution is 7.99. The summed E-state index contributed by atoms with van der Waals surface area (Å²) < 4.78 is 5.86. The van der Waals surface area contributed by atoms with E-state index in [0.717, 1.165) is 29.9 Å². The standard InChI is InChI=1S/C20H21N3O2S/c24-20(14-5-8-21-19(11-14)25-16-7-10-26-13-16)22-9-6-15-12-23-18-4-2-1-3-17(15)18/h1-5,8,11-12,16,23H,6-7,9-10,13H2,(H,22,24)/t16-/m0/s1. The first-order valence-corrected chi connectivity index (χ1v) is 9.99. The molecule has 2 aromatic heterocycles. The Bertz CT molecular complexity index is 903. The molecule has 1 aromatic carbocycles. The van der Waals surface area contributed by atoms with Crippen LogP contribution in [0.4, 0.5) is 0 Å². The molecule has 0 aliphatic carbocycles. The van der Waals surface area contributed by atoms with Crippen molar-refractivity contribution in [1.82, 2.24) is 15.3 Å². The highest BCUT2D eigenvalue weighted by Gasteiger charge is 2.18. The third kappa shape index (κ3) is 3.85. The van der Waals surface area contributed by atoms with Crippen molar-refractivity contribution in [3.8, 4) is 5.88 Å². The molecule has 1 fully saturated rings. The van der Waals surface area contributed by atoms with Crippen molar-refractivity contribution < 1.29 is 9.53 Å². The summed E-state index contributed by atoms with van der Waals surface area (Å²) in [7, 11) is 0. The van der Waals surface area contributed by atoms with E-state index in [2.05, 4.69) is 27.4 Å². The zero-order valence-corrected chi connectivity index (χ0v) is 15.2. The highest BCUT2D eigenvalue weighted by atomic mass is 32.2. The van der Waals surface area contributed by atoms with Gasteiger partial charge in [0.05, 0.1) is 0 Å². The van der Waals surface area contributed by atoms with Gasteiger partial charge in [-0.05, 0) is 36.3 Å². The summed E-state index contributed by atoms with van der Waals surface area (Å²) in [6.07, 6.45) is 5.66. The van der Waals surface area contributed by atoms with Gasteiger partial charge in [-0.25, -0.2) is 4.98 Å². The van der Waals surface area contributed by atoms with Gasteiger partial charge in [0, 0.05) is 47.2 Å². The molecule has 5 nitrogen and oxygen atoms in total. The second-order valence-corrected chi connectivity index (χ2v) is 7.50. The summed E-state index contributed by atoms with van der Waals surface area (Å²) in [5.74, 6) is 2.54. The Hall–Kier alpha value is -2.47. The average Bonchev–Trinajstić information content (AvgIpc) is 3.32. The molecule has 4 rings (SSSR count). The van der Waals surface area contributed by atoms with Crippen molar-refractivity contribution in [2.45, 2.75) is 18.9 Å². The number of carbonyl (C=O) groups excluding carboxylic acids is 1. The molecule has 0 saturated carbocycles. The summed E-state index contributed by atoms with van der Waals surface area (Å²) in [5, 5.41) is 4.19. The molecule has 0 radical (unpaired) electrons. The Morgan fingerprint density at radius 3 is 3.15 bits per heavy atom. The lowest BCUT2D eigenvalue weighted by Crippen LogP contribution is -2.26. The number of benzene rings is 1. The maximum absolute atomic E-state index is 12.4. The van der Waals surface area contributed by atoms with Gasteiger partial charge in [-0.2, -0.15) is 11.8 Å². The molecular weight excluding hydrogens is 346 g/mol. The van der Waals surface area contributed by atoms with E-state index >= 15 is 0 Å². The zero-order valence-electron chi connectivity index (χ0n) is 14.4. The summed E-state index contributed by atoms with van der Waals surface area (Å²) >= 11 is 1.89. The number of nitrogens with one attached hydrogen (secondary N) is 2. The molecule has 3 aromatic rings. The van der Waals surface area contributed by atoms with Gasteiger partial charge in [0.15, 0.2) is 0 Å². The second kappa shape index (κ2) is 7.83. The Kier molecular flexibility index (Phi) is 5.11. The number of fused-ring (bicyclic) bond motifs is 1. The van der Waals surface area contributed by atoms with E-state index in [1.165, 1.54) is 10.9 Å². The van der Waals surface area contributed by atoms with Crippen LogP contribution in [0.5, 0.6) is 5.88 Å². The van der Waals surface area contributed by atoms with Crippen molar-refractivity contribution in [1.29, 1.82) is 0 Å². The monoisotopic (exact) mass is 367 g/mol. The van der Waals surface area contributed by atoms with Gasteiger partial charge in [0.1, 0.15) is 6.10 Å². The van der Waals surface area contributed by atoms with Crippen LogP contribution in [-0.2, 0) is 6.42 Å². The number of carbonyl (C=O) groups is 1. The number of para-hydroxylation sites is 1. The first-order valence-electron chi connectivity index (χ1n) is 8.83. The van der Waals surface area contributed by atoms with Gasteiger partial charge < -0.3 is 15.0 Å². The van der Waals surface area contributed by atoms with Gasteiger partial charge in [0.2, 0.25) is 5.88 Å². The number of ether oxygens (including phenoxy) is 1. The number of nitrogens with zero attached hydrogens (tertiary/aromatic N) is 1. The SMILES string of the molecule is O=C(NCCc1c[nH]c2ccccc12)c1ccnc(O[C@H]2CCSC2)c1. The number of amides is 1. The van der Waals surface area contributed by atoms with Gasteiger partial charge in [0.25, 0.3) is 5.91 Å². The topological polar surface area (TPSA) is 67.0 Å². The van der Waals surface area contributed by atoms with E-state index in [9.17, 15) is 4.79 Å². The van der Waals surface area contributed by atoms with E-state index in [0.29, 0.717) is 18.0 Å². The fraction of sp³-hybridized carbons (Fsp3) is 0.300. The molecule has 1 atom stereocenters. The first-order chi connectivity index (χ1) is 12.8. The van der Waals surface area contributed by atoms with Crippen LogP contribution in [0.1, 0.15) is 22.3 Å². The molecule has 1 amide bonds. The summed E-state index contributed by atoms with van der Waals surface area (Å²) in [5.41, 5.74) is 2.91. The Morgan fingerprint density at radius 2 is 2.27 bits per heavy atom. The smallest absolute Gasteiger partial charge is 0.251 e. The highest BCUT2D eigenvalue weighted by Crippen LogP contribution is 2.22. The predicted octanol–water partition coefficient (Wildman–Crippen LogP) is 3.42. The summed E-state index contributed by atoms with van der Waals surface area (Å²) in [4.78, 5) is 19.9. The van der Waals surface area contributed by atoms with Crippen molar-refractivity contribution in [3.63, 3.8) is 0 Å². The van der Waals surface area contributed by atoms with Gasteiger partial charge in [-0.3, -0.25) is 4.79 Å². The predicted molar refractivity (Wildman–Crippen MR) is 105 cm³/mol. The lowest BCUT2D eigenvalue weighted by atomic mass is 10.1. The molecule has 0 spiro atoms. The number of aromatic nitrogens is 2. The molecule has 2 N–H and O–H groups in total. The zero-order chi connectivity index (χ0) is 17.8. The molecule has 26 heavy (non-hydrogen) atoms. The van der Waals surface area contributed by atoms with Crippen LogP contribution < -0.4 is 10.1 Å². The Morgan fingerprint density at radius 1 is 1.35 bits per heavy atom. The summed E-state index contributed by atoms with van der Waals surface area (Å²) in [6, 6.07) is 11.6. The molecule has 6 heteroatoms. The molecule has 1 saturated heterocycles. The Balaban J connectivity index is 1.34. The lowest BCUT2D eigenvalue weighted by molar-refractivity contribution is 0.0953. The van der Waals surface area contributed by atoms with E-state index in [-0.39, 0.29) is 12.0 Å². The quantitative estimate of drug-likeness (QED) is 0.701. The lowest BCUT2D eigenvalue weighted by Gasteiger charge is -2.12. The van der Waals surface area contributed by atoms with Crippen molar-refractivity contribution >= 4 is 28.6 Å². The average molecular weight is 367 g/mol. The van der Waals surface area contributed by atoms with E-state index in [1.807, 2.05) is 30.1 Å². The van der Waals surface area contributed by atoms with Crippen molar-refractivity contribution in [3.05, 3.63) is 59.9 Å². The van der Waals surface area contributed by atoms with E-state index in [4.69, 9.17) is 4.74 Å².